The van der Waals surface area contributed by atoms with Crippen LogP contribution in [0.5, 0.6) is 5.75 Å². The van der Waals surface area contributed by atoms with E-state index in [2.05, 4.69) is 33.1 Å². The van der Waals surface area contributed by atoms with Gasteiger partial charge >= 0.3 is 0 Å². The van der Waals surface area contributed by atoms with Crippen molar-refractivity contribution in [1.82, 2.24) is 4.90 Å². The first-order valence-electron chi connectivity index (χ1n) is 13.4. The van der Waals surface area contributed by atoms with E-state index in [9.17, 15) is 14.4 Å². The molecule has 1 aliphatic heterocycles. The SMILES string of the molecule is CCN1C2=C(C(=O)CCC2)C(c2cc(Br)ccc2OCC(=O)Nc2ccc(C)c(C)c2)C2=C1CCCC2=O. The molecule has 0 atom stereocenters. The molecule has 198 valence electrons. The molecule has 7 heteroatoms. The van der Waals surface area contributed by atoms with Crippen LogP contribution in [0.4, 0.5) is 5.69 Å². The lowest BCUT2D eigenvalue weighted by molar-refractivity contribution is -0.119. The summed E-state index contributed by atoms with van der Waals surface area (Å²) >= 11 is 3.58. The summed E-state index contributed by atoms with van der Waals surface area (Å²) in [6.07, 6.45) is 4.23. The molecule has 0 saturated carbocycles. The molecule has 3 aliphatic rings. The van der Waals surface area contributed by atoms with Crippen molar-refractivity contribution < 1.29 is 19.1 Å². The largest absolute Gasteiger partial charge is 0.483 e. The fourth-order valence-electron chi connectivity index (χ4n) is 5.95. The fourth-order valence-corrected chi connectivity index (χ4v) is 6.32. The van der Waals surface area contributed by atoms with Crippen molar-refractivity contribution in [2.24, 2.45) is 0 Å². The number of rotatable bonds is 6. The highest BCUT2D eigenvalue weighted by atomic mass is 79.9. The molecule has 0 spiro atoms. The number of nitrogens with zero attached hydrogens (tertiary/aromatic N) is 1. The molecule has 2 aromatic carbocycles. The molecule has 1 N–H and O–H groups in total. The zero-order valence-corrected chi connectivity index (χ0v) is 23.7. The average Bonchev–Trinajstić information content (AvgIpc) is 2.89. The molecular weight excluding hydrogens is 544 g/mol. The number of benzene rings is 2. The molecule has 5 rings (SSSR count). The third kappa shape index (κ3) is 4.96. The normalized spacial score (nSPS) is 17.9. The number of carbonyl (C=O) groups is 3. The highest BCUT2D eigenvalue weighted by Crippen LogP contribution is 2.51. The summed E-state index contributed by atoms with van der Waals surface area (Å²) in [4.78, 5) is 41.9. The lowest BCUT2D eigenvalue weighted by Gasteiger charge is -2.43. The molecule has 0 unspecified atom stereocenters. The van der Waals surface area contributed by atoms with Gasteiger partial charge in [-0.25, -0.2) is 0 Å². The first-order valence-corrected chi connectivity index (χ1v) is 14.2. The van der Waals surface area contributed by atoms with Gasteiger partial charge in [0.2, 0.25) is 0 Å². The van der Waals surface area contributed by atoms with Gasteiger partial charge < -0.3 is 15.0 Å². The predicted molar refractivity (Wildman–Crippen MR) is 151 cm³/mol. The Balaban J connectivity index is 1.51. The molecule has 0 fully saturated rings. The summed E-state index contributed by atoms with van der Waals surface area (Å²) in [6.45, 7) is 6.65. The Morgan fingerprint density at radius 2 is 1.61 bits per heavy atom. The number of ether oxygens (including phenoxy) is 1. The van der Waals surface area contributed by atoms with Crippen LogP contribution < -0.4 is 10.1 Å². The number of anilines is 1. The predicted octanol–water partition coefficient (Wildman–Crippen LogP) is 6.52. The molecule has 2 aromatic rings. The van der Waals surface area contributed by atoms with Crippen LogP contribution in [0.25, 0.3) is 0 Å². The lowest BCUT2D eigenvalue weighted by Crippen LogP contribution is -2.39. The Bertz CT molecular complexity index is 1350. The van der Waals surface area contributed by atoms with Gasteiger partial charge in [-0.3, -0.25) is 14.4 Å². The quantitative estimate of drug-likeness (QED) is 0.424. The first kappa shape index (κ1) is 26.4. The minimum Gasteiger partial charge on any atom is -0.483 e. The summed E-state index contributed by atoms with van der Waals surface area (Å²) in [5, 5.41) is 2.90. The molecule has 2 aliphatic carbocycles. The van der Waals surface area contributed by atoms with Gasteiger partial charge in [-0.1, -0.05) is 22.0 Å². The average molecular weight is 578 g/mol. The Morgan fingerprint density at radius 1 is 0.947 bits per heavy atom. The standard InChI is InChI=1S/C31H33BrN2O4/c1-4-34-23-7-5-9-25(35)30(23)29(31-24(34)8-6-10-26(31)36)22-16-20(32)12-14-27(22)38-17-28(37)33-21-13-11-18(2)19(3)15-21/h11-16,29H,4-10,17H2,1-3H3,(H,33,37). The second-order valence-electron chi connectivity index (χ2n) is 10.3. The van der Waals surface area contributed by atoms with Crippen molar-refractivity contribution in [3.63, 3.8) is 0 Å². The van der Waals surface area contributed by atoms with Crippen LogP contribution in [0.15, 0.2) is 63.4 Å². The molecule has 0 aromatic heterocycles. The third-order valence-electron chi connectivity index (χ3n) is 7.83. The van der Waals surface area contributed by atoms with E-state index in [1.807, 2.05) is 50.2 Å². The summed E-state index contributed by atoms with van der Waals surface area (Å²) < 4.78 is 6.93. The monoisotopic (exact) mass is 576 g/mol. The van der Waals surface area contributed by atoms with E-state index in [1.54, 1.807) is 0 Å². The van der Waals surface area contributed by atoms with E-state index < -0.39 is 5.92 Å². The van der Waals surface area contributed by atoms with Crippen molar-refractivity contribution in [3.05, 3.63) is 80.1 Å². The van der Waals surface area contributed by atoms with Gasteiger partial charge in [0.25, 0.3) is 5.91 Å². The van der Waals surface area contributed by atoms with Gasteiger partial charge in [0.1, 0.15) is 5.75 Å². The van der Waals surface area contributed by atoms with E-state index in [1.165, 1.54) is 0 Å². The number of Topliss-reactive ketones (excluding diaryl/α,β-unsaturated/α-hetero) is 2. The van der Waals surface area contributed by atoms with Gasteiger partial charge in [-0.15, -0.1) is 0 Å². The van der Waals surface area contributed by atoms with E-state index in [0.717, 1.165) is 81.6 Å². The van der Waals surface area contributed by atoms with E-state index >= 15 is 0 Å². The number of carbonyl (C=O) groups excluding carboxylic acids is 3. The van der Waals surface area contributed by atoms with Crippen LogP contribution in [-0.4, -0.2) is 35.5 Å². The minimum absolute atomic E-state index is 0.0954. The maximum Gasteiger partial charge on any atom is 0.262 e. The number of allylic oxidation sites excluding steroid dienone is 4. The highest BCUT2D eigenvalue weighted by molar-refractivity contribution is 9.10. The van der Waals surface area contributed by atoms with Crippen LogP contribution in [0.2, 0.25) is 0 Å². The van der Waals surface area contributed by atoms with Crippen LogP contribution in [-0.2, 0) is 14.4 Å². The highest BCUT2D eigenvalue weighted by Gasteiger charge is 2.43. The summed E-state index contributed by atoms with van der Waals surface area (Å²) in [5.74, 6) is -0.0613. The van der Waals surface area contributed by atoms with Crippen molar-refractivity contribution in [3.8, 4) is 5.75 Å². The number of hydrogen-bond acceptors (Lipinski definition) is 5. The van der Waals surface area contributed by atoms with E-state index in [-0.39, 0.29) is 24.1 Å². The van der Waals surface area contributed by atoms with Gasteiger partial charge in [0, 0.05) is 63.6 Å². The number of ketones is 2. The zero-order valence-electron chi connectivity index (χ0n) is 22.2. The first-order chi connectivity index (χ1) is 18.3. The summed E-state index contributed by atoms with van der Waals surface area (Å²) in [5.41, 5.74) is 7.24. The number of hydrogen-bond donors (Lipinski definition) is 1. The molecular formula is C31H33BrN2O4. The zero-order chi connectivity index (χ0) is 27.0. The minimum atomic E-state index is -0.487. The summed E-state index contributed by atoms with van der Waals surface area (Å²) in [7, 11) is 0. The molecule has 1 amide bonds. The number of amides is 1. The molecule has 1 heterocycles. The van der Waals surface area contributed by atoms with Gasteiger partial charge in [0.05, 0.1) is 0 Å². The topological polar surface area (TPSA) is 75.7 Å². The van der Waals surface area contributed by atoms with Gasteiger partial charge in [-0.05, 0) is 87.9 Å². The Kier molecular flexibility index (Phi) is 7.57. The fraction of sp³-hybridized carbons (Fsp3) is 0.387. The molecule has 0 saturated heterocycles. The van der Waals surface area contributed by atoms with Crippen LogP contribution in [0, 0.1) is 13.8 Å². The number of halogens is 1. The smallest absolute Gasteiger partial charge is 0.262 e. The van der Waals surface area contributed by atoms with E-state index in [4.69, 9.17) is 4.74 Å². The van der Waals surface area contributed by atoms with Gasteiger partial charge in [0.15, 0.2) is 18.2 Å². The number of aryl methyl sites for hydroxylation is 2. The Labute approximate surface area is 232 Å². The summed E-state index contributed by atoms with van der Waals surface area (Å²) in [6, 6.07) is 11.4. The van der Waals surface area contributed by atoms with Crippen LogP contribution in [0.1, 0.15) is 68.1 Å². The van der Waals surface area contributed by atoms with Crippen molar-refractivity contribution in [2.45, 2.75) is 65.2 Å². The van der Waals surface area contributed by atoms with Crippen molar-refractivity contribution in [2.75, 3.05) is 18.5 Å². The molecule has 38 heavy (non-hydrogen) atoms. The maximum atomic E-state index is 13.4. The molecule has 0 radical (unpaired) electrons. The third-order valence-corrected chi connectivity index (χ3v) is 8.33. The lowest BCUT2D eigenvalue weighted by atomic mass is 9.70. The van der Waals surface area contributed by atoms with Gasteiger partial charge in [-0.2, -0.15) is 0 Å². The Hall–Kier alpha value is -3.19. The second-order valence-corrected chi connectivity index (χ2v) is 11.2. The van der Waals surface area contributed by atoms with Crippen molar-refractivity contribution >= 4 is 39.1 Å². The van der Waals surface area contributed by atoms with Crippen LogP contribution >= 0.6 is 15.9 Å². The van der Waals surface area contributed by atoms with E-state index in [0.29, 0.717) is 18.6 Å². The molecule has 6 nitrogen and oxygen atoms in total. The second kappa shape index (κ2) is 10.9. The van der Waals surface area contributed by atoms with Crippen molar-refractivity contribution in [1.29, 1.82) is 0 Å². The van der Waals surface area contributed by atoms with Crippen LogP contribution in [0.3, 0.4) is 0 Å². The number of nitrogens with one attached hydrogen (secondary N) is 1. The maximum absolute atomic E-state index is 13.4. The Morgan fingerprint density at radius 3 is 2.21 bits per heavy atom. The molecule has 0 bridgehead atoms.